The van der Waals surface area contributed by atoms with Crippen molar-refractivity contribution in [1.82, 2.24) is 25.3 Å². The molecule has 0 bridgehead atoms. The third-order valence-electron chi connectivity index (χ3n) is 7.09. The molecular weight excluding hydrogens is 364 g/mol. The maximum atomic E-state index is 12.3. The van der Waals surface area contributed by atoms with Gasteiger partial charge in [0, 0.05) is 44.2 Å². The van der Waals surface area contributed by atoms with E-state index in [-0.39, 0.29) is 23.4 Å². The summed E-state index contributed by atoms with van der Waals surface area (Å²) in [4.78, 5) is 24.0. The molecule has 1 atom stereocenters. The number of aliphatic imine (C=N–C) groups is 1. The van der Waals surface area contributed by atoms with Crippen molar-refractivity contribution in [2.24, 2.45) is 10.9 Å². The first-order valence-corrected chi connectivity index (χ1v) is 11.6. The van der Waals surface area contributed by atoms with Gasteiger partial charge >= 0.3 is 0 Å². The fraction of sp³-hybridized carbons (Fsp3) is 0.909. The molecule has 3 rings (SSSR count). The fourth-order valence-electron chi connectivity index (χ4n) is 5.09. The Morgan fingerprint density at radius 2 is 1.79 bits per heavy atom. The van der Waals surface area contributed by atoms with Crippen molar-refractivity contribution >= 4 is 11.9 Å². The molecule has 1 amide bonds. The van der Waals surface area contributed by atoms with E-state index in [9.17, 15) is 4.79 Å². The SMILES string of the molecule is CN=C(NCC1(N2CCCCC2)CCN(C)CC1)NC1CCN(C(=O)C(C)C)C1. The van der Waals surface area contributed by atoms with Crippen molar-refractivity contribution in [2.45, 2.75) is 64.0 Å². The van der Waals surface area contributed by atoms with Crippen LogP contribution in [0.1, 0.15) is 52.4 Å². The average Bonchev–Trinajstić information content (AvgIpc) is 3.21. The van der Waals surface area contributed by atoms with Crippen LogP contribution in [0.2, 0.25) is 0 Å². The Morgan fingerprint density at radius 1 is 1.10 bits per heavy atom. The second-order valence-corrected chi connectivity index (χ2v) is 9.57. The van der Waals surface area contributed by atoms with Gasteiger partial charge in [-0.15, -0.1) is 0 Å². The number of nitrogens with zero attached hydrogens (tertiary/aromatic N) is 4. The lowest BCUT2D eigenvalue weighted by Gasteiger charge is -2.50. The van der Waals surface area contributed by atoms with Crippen molar-refractivity contribution in [3.63, 3.8) is 0 Å². The first kappa shape index (κ1) is 22.3. The van der Waals surface area contributed by atoms with E-state index < -0.39 is 0 Å². The van der Waals surface area contributed by atoms with Crippen LogP contribution in [0.25, 0.3) is 0 Å². The zero-order chi connectivity index (χ0) is 20.9. The number of carbonyl (C=O) groups is 1. The van der Waals surface area contributed by atoms with E-state index in [0.717, 1.165) is 32.0 Å². The van der Waals surface area contributed by atoms with Crippen molar-refractivity contribution in [3.05, 3.63) is 0 Å². The van der Waals surface area contributed by atoms with E-state index in [1.807, 2.05) is 25.8 Å². The summed E-state index contributed by atoms with van der Waals surface area (Å²) in [5.74, 6) is 1.21. The Labute approximate surface area is 177 Å². The van der Waals surface area contributed by atoms with Gasteiger partial charge in [0.2, 0.25) is 5.91 Å². The highest BCUT2D eigenvalue weighted by atomic mass is 16.2. The minimum absolute atomic E-state index is 0.0695. The molecule has 0 aromatic carbocycles. The largest absolute Gasteiger partial charge is 0.355 e. The molecule has 7 nitrogen and oxygen atoms in total. The third-order valence-corrected chi connectivity index (χ3v) is 7.09. The summed E-state index contributed by atoms with van der Waals surface area (Å²) >= 11 is 0. The van der Waals surface area contributed by atoms with Crippen molar-refractivity contribution < 1.29 is 4.79 Å². The Kier molecular flexibility index (Phi) is 7.79. The summed E-state index contributed by atoms with van der Waals surface area (Å²) in [5.41, 5.74) is 0.236. The van der Waals surface area contributed by atoms with Crippen LogP contribution in [0.4, 0.5) is 0 Å². The van der Waals surface area contributed by atoms with Crippen LogP contribution in [0.15, 0.2) is 4.99 Å². The second kappa shape index (κ2) is 10.1. The molecule has 3 aliphatic heterocycles. The van der Waals surface area contributed by atoms with Gasteiger partial charge in [-0.3, -0.25) is 14.7 Å². The molecule has 2 N–H and O–H groups in total. The normalized spacial score (nSPS) is 26.7. The first-order chi connectivity index (χ1) is 13.9. The second-order valence-electron chi connectivity index (χ2n) is 9.57. The van der Waals surface area contributed by atoms with E-state index >= 15 is 0 Å². The molecule has 0 spiro atoms. The Bertz CT molecular complexity index is 564. The van der Waals surface area contributed by atoms with Crippen molar-refractivity contribution in [3.8, 4) is 0 Å². The Hall–Kier alpha value is -1.34. The zero-order valence-electron chi connectivity index (χ0n) is 19.0. The van der Waals surface area contributed by atoms with Crippen LogP contribution < -0.4 is 10.6 Å². The minimum Gasteiger partial charge on any atom is -0.355 e. The van der Waals surface area contributed by atoms with Gasteiger partial charge in [-0.05, 0) is 65.3 Å². The lowest BCUT2D eigenvalue weighted by molar-refractivity contribution is -0.133. The molecule has 7 heteroatoms. The quantitative estimate of drug-likeness (QED) is 0.533. The van der Waals surface area contributed by atoms with Gasteiger partial charge in [-0.25, -0.2) is 0 Å². The Morgan fingerprint density at radius 3 is 2.41 bits per heavy atom. The van der Waals surface area contributed by atoms with Gasteiger partial charge in [0.25, 0.3) is 0 Å². The van der Waals surface area contributed by atoms with Gasteiger partial charge in [-0.1, -0.05) is 20.3 Å². The molecule has 0 aliphatic carbocycles. The summed E-state index contributed by atoms with van der Waals surface area (Å²) in [6.07, 6.45) is 7.44. The molecular formula is C22H42N6O. The molecule has 0 aromatic rings. The van der Waals surface area contributed by atoms with Crippen LogP contribution in [-0.2, 0) is 4.79 Å². The molecule has 29 heavy (non-hydrogen) atoms. The minimum atomic E-state index is 0.0695. The number of guanidine groups is 1. The van der Waals surface area contributed by atoms with E-state index in [4.69, 9.17) is 0 Å². The number of carbonyl (C=O) groups excluding carboxylic acids is 1. The highest BCUT2D eigenvalue weighted by Gasteiger charge is 2.39. The summed E-state index contributed by atoms with van der Waals surface area (Å²) in [5, 5.41) is 7.24. The molecule has 3 heterocycles. The number of hydrogen-bond donors (Lipinski definition) is 2. The monoisotopic (exact) mass is 406 g/mol. The van der Waals surface area contributed by atoms with Crippen LogP contribution >= 0.6 is 0 Å². The number of amides is 1. The van der Waals surface area contributed by atoms with E-state index in [1.165, 1.54) is 58.3 Å². The van der Waals surface area contributed by atoms with E-state index in [2.05, 4.69) is 32.5 Å². The number of nitrogens with one attached hydrogen (secondary N) is 2. The third kappa shape index (κ3) is 5.63. The smallest absolute Gasteiger partial charge is 0.225 e. The molecule has 1 unspecified atom stereocenters. The number of rotatable bonds is 5. The van der Waals surface area contributed by atoms with Gasteiger partial charge in [-0.2, -0.15) is 0 Å². The summed E-state index contributed by atoms with van der Waals surface area (Å²) in [6.45, 7) is 11.3. The molecule has 0 radical (unpaired) electrons. The van der Waals surface area contributed by atoms with Gasteiger partial charge in [0.15, 0.2) is 5.96 Å². The van der Waals surface area contributed by atoms with Gasteiger partial charge in [0.1, 0.15) is 0 Å². The molecule has 0 aromatic heterocycles. The highest BCUT2D eigenvalue weighted by molar-refractivity contribution is 5.81. The number of piperidine rings is 2. The maximum Gasteiger partial charge on any atom is 0.225 e. The highest BCUT2D eigenvalue weighted by Crippen LogP contribution is 2.30. The number of hydrogen-bond acceptors (Lipinski definition) is 4. The Balaban J connectivity index is 1.56. The average molecular weight is 407 g/mol. The molecule has 0 saturated carbocycles. The summed E-state index contributed by atoms with van der Waals surface area (Å²) in [6, 6.07) is 0.285. The zero-order valence-corrected chi connectivity index (χ0v) is 19.0. The van der Waals surface area contributed by atoms with Crippen LogP contribution in [0, 0.1) is 5.92 Å². The molecule has 3 aliphatic rings. The summed E-state index contributed by atoms with van der Waals surface area (Å²) in [7, 11) is 4.09. The standard InChI is InChI=1S/C22H42N6O/c1-18(2)20(29)27-13-8-19(16-27)25-21(23-3)24-17-22(9-14-26(4)15-10-22)28-11-6-5-7-12-28/h18-19H,5-17H2,1-4H3,(H2,23,24,25). The van der Waals surface area contributed by atoms with Gasteiger partial charge in [0.05, 0.1) is 0 Å². The molecule has 3 fully saturated rings. The van der Waals surface area contributed by atoms with E-state index in [1.54, 1.807) is 0 Å². The lowest BCUT2D eigenvalue weighted by atomic mass is 9.84. The summed E-state index contributed by atoms with van der Waals surface area (Å²) < 4.78 is 0. The predicted molar refractivity (Wildman–Crippen MR) is 119 cm³/mol. The van der Waals surface area contributed by atoms with E-state index in [0.29, 0.717) is 0 Å². The number of likely N-dealkylation sites (tertiary alicyclic amines) is 3. The fourth-order valence-corrected chi connectivity index (χ4v) is 5.09. The predicted octanol–water partition coefficient (Wildman–Crippen LogP) is 1.36. The van der Waals surface area contributed by atoms with Crippen LogP contribution in [0.5, 0.6) is 0 Å². The first-order valence-electron chi connectivity index (χ1n) is 11.6. The molecule has 3 saturated heterocycles. The molecule has 166 valence electrons. The van der Waals surface area contributed by atoms with Crippen LogP contribution in [0.3, 0.4) is 0 Å². The van der Waals surface area contributed by atoms with Gasteiger partial charge < -0.3 is 20.4 Å². The van der Waals surface area contributed by atoms with Crippen LogP contribution in [-0.4, -0.2) is 98.1 Å². The van der Waals surface area contributed by atoms with Crippen molar-refractivity contribution in [1.29, 1.82) is 0 Å². The maximum absolute atomic E-state index is 12.3. The lowest BCUT2D eigenvalue weighted by Crippen LogP contribution is -2.62. The van der Waals surface area contributed by atoms with Crippen molar-refractivity contribution in [2.75, 3.05) is 59.9 Å². The topological polar surface area (TPSA) is 63.2 Å².